The van der Waals surface area contributed by atoms with Crippen molar-refractivity contribution in [2.45, 2.75) is 71.4 Å². The molecule has 1 N–H and O–H groups in total. The number of terminal acetylenes is 1. The molecule has 1 aliphatic rings. The van der Waals surface area contributed by atoms with Crippen molar-refractivity contribution in [3.8, 4) is 12.3 Å². The minimum Gasteiger partial charge on any atom is -0.340 e. The van der Waals surface area contributed by atoms with Crippen LogP contribution in [-0.2, 0) is 9.59 Å². The normalized spacial score (nSPS) is 21.3. The van der Waals surface area contributed by atoms with Crippen molar-refractivity contribution in [2.75, 3.05) is 6.54 Å². The standard InChI is InChI=1S/C17H28N2O2/c1-6-9-10-11-12-19-14(13(4)5)15(20)18-17(7-2,8-3)16(19)21/h1,13-14H,7-12H2,2-5H3,(H,18,20). The summed E-state index contributed by atoms with van der Waals surface area (Å²) in [6.07, 6.45) is 8.96. The first-order valence-corrected chi connectivity index (χ1v) is 8.00. The predicted molar refractivity (Wildman–Crippen MR) is 84.5 cm³/mol. The highest BCUT2D eigenvalue weighted by atomic mass is 16.2. The van der Waals surface area contributed by atoms with Gasteiger partial charge >= 0.3 is 0 Å². The molecule has 1 aliphatic heterocycles. The summed E-state index contributed by atoms with van der Waals surface area (Å²) in [6, 6.07) is -0.366. The number of carbonyl (C=O) groups is 2. The van der Waals surface area contributed by atoms with Crippen LogP contribution in [0.4, 0.5) is 0 Å². The first-order chi connectivity index (χ1) is 9.93. The molecular weight excluding hydrogens is 264 g/mol. The molecule has 1 atom stereocenters. The summed E-state index contributed by atoms with van der Waals surface area (Å²) < 4.78 is 0. The first-order valence-electron chi connectivity index (χ1n) is 8.00. The van der Waals surface area contributed by atoms with Gasteiger partial charge in [-0.3, -0.25) is 9.59 Å². The molecule has 0 aliphatic carbocycles. The van der Waals surface area contributed by atoms with Crippen LogP contribution in [0.15, 0.2) is 0 Å². The van der Waals surface area contributed by atoms with E-state index in [9.17, 15) is 9.59 Å². The van der Waals surface area contributed by atoms with Crippen molar-refractivity contribution in [1.29, 1.82) is 0 Å². The number of amides is 2. The summed E-state index contributed by atoms with van der Waals surface area (Å²) in [7, 11) is 0. The number of nitrogens with one attached hydrogen (secondary N) is 1. The molecule has 0 aromatic carbocycles. The van der Waals surface area contributed by atoms with Crippen LogP contribution in [0.2, 0.25) is 0 Å². The average molecular weight is 292 g/mol. The van der Waals surface area contributed by atoms with Gasteiger partial charge in [0.05, 0.1) is 0 Å². The van der Waals surface area contributed by atoms with E-state index in [1.54, 1.807) is 4.90 Å². The van der Waals surface area contributed by atoms with Gasteiger partial charge in [-0.2, -0.15) is 0 Å². The average Bonchev–Trinajstić information content (AvgIpc) is 2.46. The summed E-state index contributed by atoms with van der Waals surface area (Å²) in [6.45, 7) is 8.48. The van der Waals surface area contributed by atoms with Gasteiger partial charge < -0.3 is 10.2 Å². The number of rotatable bonds is 7. The van der Waals surface area contributed by atoms with Crippen molar-refractivity contribution >= 4 is 11.8 Å². The lowest BCUT2D eigenvalue weighted by molar-refractivity contribution is -0.157. The summed E-state index contributed by atoms with van der Waals surface area (Å²) in [5.41, 5.74) is -0.728. The molecule has 0 radical (unpaired) electrons. The zero-order valence-corrected chi connectivity index (χ0v) is 13.7. The quantitative estimate of drug-likeness (QED) is 0.578. The van der Waals surface area contributed by atoms with E-state index in [1.165, 1.54) is 0 Å². The Labute approximate surface area is 128 Å². The Morgan fingerprint density at radius 1 is 1.29 bits per heavy atom. The zero-order valence-electron chi connectivity index (χ0n) is 13.7. The van der Waals surface area contributed by atoms with Crippen molar-refractivity contribution < 1.29 is 9.59 Å². The molecule has 0 bridgehead atoms. The zero-order chi connectivity index (χ0) is 16.0. The van der Waals surface area contributed by atoms with E-state index in [4.69, 9.17) is 6.42 Å². The van der Waals surface area contributed by atoms with Gasteiger partial charge in [0.2, 0.25) is 11.8 Å². The van der Waals surface area contributed by atoms with Crippen molar-refractivity contribution in [3.63, 3.8) is 0 Å². The molecule has 0 aromatic heterocycles. The lowest BCUT2D eigenvalue weighted by Crippen LogP contribution is -2.71. The number of unbranched alkanes of at least 4 members (excludes halogenated alkanes) is 2. The fraction of sp³-hybridized carbons (Fsp3) is 0.765. The second-order valence-corrected chi connectivity index (χ2v) is 6.13. The molecule has 0 saturated carbocycles. The molecule has 1 fully saturated rings. The van der Waals surface area contributed by atoms with Gasteiger partial charge in [-0.05, 0) is 31.6 Å². The molecule has 1 rings (SSSR count). The van der Waals surface area contributed by atoms with E-state index in [-0.39, 0.29) is 23.8 Å². The van der Waals surface area contributed by atoms with Crippen LogP contribution >= 0.6 is 0 Å². The third-order valence-corrected chi connectivity index (χ3v) is 4.45. The molecule has 1 unspecified atom stereocenters. The molecular formula is C17H28N2O2. The molecule has 21 heavy (non-hydrogen) atoms. The highest BCUT2D eigenvalue weighted by molar-refractivity contribution is 5.99. The summed E-state index contributed by atoms with van der Waals surface area (Å²) in [4.78, 5) is 27.2. The van der Waals surface area contributed by atoms with Gasteiger partial charge in [-0.25, -0.2) is 0 Å². The van der Waals surface area contributed by atoms with Crippen molar-refractivity contribution in [1.82, 2.24) is 10.2 Å². The van der Waals surface area contributed by atoms with Gasteiger partial charge in [0.25, 0.3) is 0 Å². The van der Waals surface area contributed by atoms with Gasteiger partial charge in [0.15, 0.2) is 0 Å². The van der Waals surface area contributed by atoms with Crippen LogP contribution in [0.1, 0.15) is 59.8 Å². The van der Waals surface area contributed by atoms with E-state index < -0.39 is 5.54 Å². The highest BCUT2D eigenvalue weighted by Crippen LogP contribution is 2.28. The van der Waals surface area contributed by atoms with Gasteiger partial charge in [0.1, 0.15) is 11.6 Å². The summed E-state index contributed by atoms with van der Waals surface area (Å²) in [5.74, 6) is 2.76. The maximum Gasteiger partial charge on any atom is 0.248 e. The van der Waals surface area contributed by atoms with Crippen molar-refractivity contribution in [2.24, 2.45) is 5.92 Å². The Hall–Kier alpha value is -1.50. The molecule has 118 valence electrons. The van der Waals surface area contributed by atoms with Crippen LogP contribution in [0.5, 0.6) is 0 Å². The van der Waals surface area contributed by atoms with E-state index in [1.807, 2.05) is 27.7 Å². The van der Waals surface area contributed by atoms with Crippen LogP contribution in [-0.4, -0.2) is 34.8 Å². The Balaban J connectivity index is 2.96. The number of nitrogens with zero attached hydrogens (tertiary/aromatic N) is 1. The topological polar surface area (TPSA) is 49.4 Å². The largest absolute Gasteiger partial charge is 0.340 e. The third kappa shape index (κ3) is 3.58. The molecule has 4 heteroatoms. The highest BCUT2D eigenvalue weighted by Gasteiger charge is 2.49. The Bertz CT molecular complexity index is 419. The lowest BCUT2D eigenvalue weighted by atomic mass is 9.84. The maximum atomic E-state index is 12.9. The van der Waals surface area contributed by atoms with Crippen LogP contribution in [0, 0.1) is 18.3 Å². The van der Waals surface area contributed by atoms with E-state index in [2.05, 4.69) is 11.2 Å². The van der Waals surface area contributed by atoms with Gasteiger partial charge in [0, 0.05) is 13.0 Å². The third-order valence-electron chi connectivity index (χ3n) is 4.45. The molecule has 0 aromatic rings. The van der Waals surface area contributed by atoms with Crippen molar-refractivity contribution in [3.05, 3.63) is 0 Å². The molecule has 1 heterocycles. The Morgan fingerprint density at radius 2 is 1.90 bits per heavy atom. The molecule has 0 spiro atoms. The fourth-order valence-corrected chi connectivity index (χ4v) is 3.05. The number of hydrogen-bond acceptors (Lipinski definition) is 2. The Kier molecular flexibility index (Phi) is 6.26. The minimum atomic E-state index is -0.728. The number of hydrogen-bond donors (Lipinski definition) is 1. The Morgan fingerprint density at radius 3 is 2.38 bits per heavy atom. The molecule has 4 nitrogen and oxygen atoms in total. The van der Waals surface area contributed by atoms with E-state index in [0.29, 0.717) is 25.8 Å². The first kappa shape index (κ1) is 17.6. The van der Waals surface area contributed by atoms with Gasteiger partial charge in [-0.1, -0.05) is 27.7 Å². The SMILES string of the molecule is C#CCCCCN1C(=O)C(CC)(CC)NC(=O)C1C(C)C. The summed E-state index contributed by atoms with van der Waals surface area (Å²) in [5, 5.41) is 2.98. The van der Waals surface area contributed by atoms with Crippen LogP contribution < -0.4 is 5.32 Å². The monoisotopic (exact) mass is 292 g/mol. The van der Waals surface area contributed by atoms with Crippen LogP contribution in [0.3, 0.4) is 0 Å². The van der Waals surface area contributed by atoms with Gasteiger partial charge in [-0.15, -0.1) is 12.3 Å². The molecule has 2 amide bonds. The minimum absolute atomic E-state index is 0.0229. The number of carbonyl (C=O) groups excluding carboxylic acids is 2. The van der Waals surface area contributed by atoms with E-state index >= 15 is 0 Å². The predicted octanol–water partition coefficient (Wildman–Crippen LogP) is 2.33. The number of piperazine rings is 1. The smallest absolute Gasteiger partial charge is 0.248 e. The second-order valence-electron chi connectivity index (χ2n) is 6.13. The summed E-state index contributed by atoms with van der Waals surface area (Å²) >= 11 is 0. The van der Waals surface area contributed by atoms with E-state index in [0.717, 1.165) is 12.8 Å². The maximum absolute atomic E-state index is 12.9. The fourth-order valence-electron chi connectivity index (χ4n) is 3.05. The van der Waals surface area contributed by atoms with Crippen LogP contribution in [0.25, 0.3) is 0 Å². The lowest BCUT2D eigenvalue weighted by Gasteiger charge is -2.47. The molecule has 1 saturated heterocycles. The second kappa shape index (κ2) is 7.49.